The van der Waals surface area contributed by atoms with E-state index in [1.807, 2.05) is 66.8 Å². The van der Waals surface area contributed by atoms with Crippen LogP contribution in [0.4, 0.5) is 5.82 Å². The highest BCUT2D eigenvalue weighted by molar-refractivity contribution is 7.91. The van der Waals surface area contributed by atoms with Gasteiger partial charge >= 0.3 is 0 Å². The molecule has 3 aromatic heterocycles. The Kier molecular flexibility index (Phi) is 9.40. The van der Waals surface area contributed by atoms with Gasteiger partial charge in [0.2, 0.25) is 5.91 Å². The van der Waals surface area contributed by atoms with Gasteiger partial charge in [-0.2, -0.15) is 10.4 Å². The predicted molar refractivity (Wildman–Crippen MR) is 174 cm³/mol. The van der Waals surface area contributed by atoms with Crippen molar-refractivity contribution in [2.75, 3.05) is 29.5 Å². The minimum Gasteiger partial charge on any atom is -0.353 e. The molecule has 1 aliphatic heterocycles. The van der Waals surface area contributed by atoms with Crippen LogP contribution in [0.15, 0.2) is 67.3 Å². The number of anilines is 1. The molecule has 238 valence electrons. The summed E-state index contributed by atoms with van der Waals surface area (Å²) < 4.78 is 25.6. The number of pyridine rings is 1. The Morgan fingerprint density at radius 2 is 1.76 bits per heavy atom. The highest BCUT2D eigenvalue weighted by Crippen LogP contribution is 2.39. The van der Waals surface area contributed by atoms with Crippen LogP contribution in [-0.2, 0) is 34.6 Å². The maximum Gasteiger partial charge on any atom is 0.229 e. The zero-order chi connectivity index (χ0) is 32.1. The summed E-state index contributed by atoms with van der Waals surface area (Å²) in [4.78, 5) is 29.7. The highest BCUT2D eigenvalue weighted by atomic mass is 32.2. The Labute approximate surface area is 269 Å². The van der Waals surface area contributed by atoms with Crippen LogP contribution in [0.2, 0.25) is 0 Å². The minimum absolute atomic E-state index is 0.0162. The fraction of sp³-hybridized carbons (Fsp3) is 0.412. The first kappa shape index (κ1) is 31.4. The molecule has 12 heteroatoms. The maximum atomic E-state index is 13.8. The number of carbonyl (C=O) groups excluding carboxylic acids is 1. The van der Waals surface area contributed by atoms with Crippen molar-refractivity contribution in [2.45, 2.75) is 44.6 Å². The first-order chi connectivity index (χ1) is 22.3. The molecule has 1 unspecified atom stereocenters. The molecule has 0 bridgehead atoms. The van der Waals surface area contributed by atoms with Gasteiger partial charge in [0.1, 0.15) is 23.3 Å². The van der Waals surface area contributed by atoms with Crippen LogP contribution in [0.5, 0.6) is 0 Å². The molecule has 46 heavy (non-hydrogen) atoms. The molecule has 0 spiro atoms. The average molecular weight is 639 g/mol. The summed E-state index contributed by atoms with van der Waals surface area (Å²) in [5.74, 6) is 1.38. The van der Waals surface area contributed by atoms with Crippen LogP contribution in [0.1, 0.15) is 54.2 Å². The van der Waals surface area contributed by atoms with Crippen molar-refractivity contribution < 1.29 is 13.2 Å². The number of aromatic nitrogens is 5. The normalized spacial score (nSPS) is 20.0. The molecular weight excluding hydrogens is 600 g/mol. The minimum atomic E-state index is -3.05. The quantitative estimate of drug-likeness (QED) is 0.289. The Morgan fingerprint density at radius 3 is 2.41 bits per heavy atom. The zero-order valence-corrected chi connectivity index (χ0v) is 26.7. The number of aryl methyl sites for hydroxylation is 1. The van der Waals surface area contributed by atoms with Crippen molar-refractivity contribution in [3.8, 4) is 17.2 Å². The van der Waals surface area contributed by atoms with Gasteiger partial charge < -0.3 is 10.2 Å². The van der Waals surface area contributed by atoms with Crippen LogP contribution in [-0.4, -0.2) is 63.7 Å². The topological polar surface area (TPSA) is 147 Å². The Balaban J connectivity index is 1.15. The van der Waals surface area contributed by atoms with Crippen LogP contribution < -0.4 is 10.2 Å². The Morgan fingerprint density at radius 1 is 1.00 bits per heavy atom. The Hall–Kier alpha value is -4.63. The summed E-state index contributed by atoms with van der Waals surface area (Å²) in [6.45, 7) is 1.10. The highest BCUT2D eigenvalue weighted by Gasteiger charge is 2.35. The van der Waals surface area contributed by atoms with E-state index in [0.29, 0.717) is 49.2 Å². The lowest BCUT2D eigenvalue weighted by Crippen LogP contribution is -2.41. The van der Waals surface area contributed by atoms with Crippen LogP contribution in [0.3, 0.4) is 0 Å². The number of nitriles is 1. The molecule has 4 heterocycles. The third-order valence-corrected chi connectivity index (χ3v) is 10.8. The van der Waals surface area contributed by atoms with Crippen molar-refractivity contribution in [1.82, 2.24) is 30.0 Å². The molecule has 1 saturated carbocycles. The second-order valence-electron chi connectivity index (χ2n) is 12.3. The molecule has 2 aliphatic rings. The van der Waals surface area contributed by atoms with Crippen molar-refractivity contribution >= 4 is 21.6 Å². The fourth-order valence-electron chi connectivity index (χ4n) is 6.55. The number of carbonyl (C=O) groups is 1. The summed E-state index contributed by atoms with van der Waals surface area (Å²) in [6, 6.07) is 16.1. The number of rotatable bonds is 9. The molecule has 6 rings (SSSR count). The Bertz CT molecular complexity index is 1800. The van der Waals surface area contributed by atoms with Crippen LogP contribution in [0, 0.1) is 23.2 Å². The molecule has 1 atom stereocenters. The van der Waals surface area contributed by atoms with Crippen molar-refractivity contribution in [1.29, 1.82) is 5.26 Å². The molecule has 1 aromatic carbocycles. The number of nitrogens with one attached hydrogen (secondary N) is 1. The third-order valence-electron chi connectivity index (χ3n) is 9.15. The summed E-state index contributed by atoms with van der Waals surface area (Å²) in [7, 11) is -1.17. The van der Waals surface area contributed by atoms with Gasteiger partial charge in [0, 0.05) is 56.6 Å². The SMILES string of the molecule is Cn1cc(-c2ccc(C(C(=O)NCc3ccccc3)C3CCC(Cc4ncc(C#N)c(N5CCS(=O)(=O)CC5)n4)CC3)nc2)cn1. The standard InChI is InChI=1S/C34H38N8O3S/c1-41-23-29(22-39-41)27-11-12-30(36-20-27)32(34(43)38-19-25-5-3-2-4-6-25)26-9-7-24(8-10-26)17-31-37-21-28(18-35)33(40-31)42-13-15-46(44,45)16-14-42/h2-6,11-12,20-24,26,32H,7-10,13-17,19H2,1H3,(H,38,43). The van der Waals surface area contributed by atoms with Gasteiger partial charge in [0.25, 0.3) is 0 Å². The van der Waals surface area contributed by atoms with E-state index in [-0.39, 0.29) is 29.2 Å². The van der Waals surface area contributed by atoms with Gasteiger partial charge in [-0.25, -0.2) is 18.4 Å². The molecule has 4 aromatic rings. The monoisotopic (exact) mass is 638 g/mol. The molecule has 0 radical (unpaired) electrons. The largest absolute Gasteiger partial charge is 0.353 e. The van der Waals surface area contributed by atoms with E-state index >= 15 is 0 Å². The third kappa shape index (κ3) is 7.42. The van der Waals surface area contributed by atoms with Crippen molar-refractivity contribution in [3.05, 3.63) is 89.9 Å². The van der Waals surface area contributed by atoms with E-state index in [4.69, 9.17) is 9.97 Å². The summed E-state index contributed by atoms with van der Waals surface area (Å²) in [5.41, 5.74) is 4.11. The van der Waals surface area contributed by atoms with Gasteiger partial charge in [0.05, 0.1) is 35.5 Å². The molecule has 1 amide bonds. The van der Waals surface area contributed by atoms with Crippen LogP contribution in [0.25, 0.3) is 11.1 Å². The van der Waals surface area contributed by atoms with E-state index in [1.54, 1.807) is 17.1 Å². The molecule has 11 nitrogen and oxygen atoms in total. The first-order valence-electron chi connectivity index (χ1n) is 15.8. The molecule has 1 saturated heterocycles. The maximum absolute atomic E-state index is 13.8. The van der Waals surface area contributed by atoms with Gasteiger partial charge in [-0.3, -0.25) is 14.5 Å². The van der Waals surface area contributed by atoms with Crippen molar-refractivity contribution in [3.63, 3.8) is 0 Å². The van der Waals surface area contributed by atoms with Crippen LogP contribution >= 0.6 is 0 Å². The summed E-state index contributed by atoms with van der Waals surface area (Å²) >= 11 is 0. The first-order valence-corrected chi connectivity index (χ1v) is 17.6. The van der Waals surface area contributed by atoms with E-state index in [0.717, 1.165) is 48.1 Å². The van der Waals surface area contributed by atoms with Gasteiger partial charge in [-0.05, 0) is 49.1 Å². The van der Waals surface area contributed by atoms with Crippen molar-refractivity contribution in [2.24, 2.45) is 18.9 Å². The zero-order valence-electron chi connectivity index (χ0n) is 25.9. The lowest BCUT2D eigenvalue weighted by Gasteiger charge is -2.33. The second-order valence-corrected chi connectivity index (χ2v) is 14.6. The number of nitrogens with zero attached hydrogens (tertiary/aromatic N) is 7. The number of hydrogen-bond acceptors (Lipinski definition) is 9. The summed E-state index contributed by atoms with van der Waals surface area (Å²) in [5, 5.41) is 17.1. The van der Waals surface area contributed by atoms with E-state index in [9.17, 15) is 18.5 Å². The lowest BCUT2D eigenvalue weighted by atomic mass is 9.73. The second kappa shape index (κ2) is 13.8. The number of hydrogen-bond donors (Lipinski definition) is 1. The van der Waals surface area contributed by atoms with E-state index in [1.165, 1.54) is 0 Å². The van der Waals surface area contributed by atoms with Gasteiger partial charge in [0.15, 0.2) is 9.84 Å². The lowest BCUT2D eigenvalue weighted by molar-refractivity contribution is -0.124. The molecular formula is C34H38N8O3S. The van der Waals surface area contributed by atoms with E-state index < -0.39 is 9.84 Å². The number of sulfone groups is 1. The smallest absolute Gasteiger partial charge is 0.229 e. The number of amides is 1. The average Bonchev–Trinajstić information content (AvgIpc) is 3.51. The molecule has 1 aliphatic carbocycles. The van der Waals surface area contributed by atoms with E-state index in [2.05, 4.69) is 21.5 Å². The predicted octanol–water partition coefficient (Wildman–Crippen LogP) is 3.83. The summed E-state index contributed by atoms with van der Waals surface area (Å²) in [6.07, 6.45) is 11.4. The van der Waals surface area contributed by atoms with Gasteiger partial charge in [-0.1, -0.05) is 36.4 Å². The van der Waals surface area contributed by atoms with Gasteiger partial charge in [-0.15, -0.1) is 0 Å². The fourth-order valence-corrected chi connectivity index (χ4v) is 7.75. The number of benzene rings is 1. The molecule has 2 fully saturated rings. The molecule has 1 N–H and O–H groups in total.